The fraction of sp³-hybridized carbons (Fsp3) is 0.231. The van der Waals surface area contributed by atoms with E-state index in [1.165, 1.54) is 18.9 Å². The monoisotopic (exact) mass is 618 g/mol. The smallest absolute Gasteiger partial charge is 0.220 e. The summed E-state index contributed by atoms with van der Waals surface area (Å²) in [6.45, 7) is 1.72. The van der Waals surface area contributed by atoms with Crippen molar-refractivity contribution in [1.82, 2.24) is 14.8 Å². The lowest BCUT2D eigenvalue weighted by molar-refractivity contribution is -0.479. The number of hydrogen-bond donors (Lipinski definition) is 0. The molecule has 0 radical (unpaired) electrons. The van der Waals surface area contributed by atoms with Crippen molar-refractivity contribution in [2.24, 2.45) is 0 Å². The maximum atomic E-state index is 11.7. The molecule has 0 aliphatic rings. The van der Waals surface area contributed by atoms with Crippen molar-refractivity contribution in [1.29, 1.82) is 0 Å². The highest BCUT2D eigenvalue weighted by molar-refractivity contribution is 9.10. The van der Waals surface area contributed by atoms with Gasteiger partial charge in [-0.3, -0.25) is 14.7 Å². The van der Waals surface area contributed by atoms with Crippen LogP contribution in [0.4, 0.5) is 0 Å². The lowest BCUT2D eigenvalue weighted by atomic mass is 10.1. The summed E-state index contributed by atoms with van der Waals surface area (Å²) in [4.78, 5) is 11.3. The standard InChI is InChI=1S/C26H24BrClN4O5S/c1-16-29-30-26(32(16)19-8-10-20(35-2)11-9-19)38-24(14-31(33)34)18-12-21(27)25(23(13-18)36-3)37-15-17-6-4-5-7-22(17)28/h4-13,24H,14-15H2,1-3H3/t24-/m1/s1. The Kier molecular flexibility index (Phi) is 9.13. The van der Waals surface area contributed by atoms with Crippen LogP contribution in [-0.4, -0.2) is 40.5 Å². The minimum atomic E-state index is -0.589. The minimum absolute atomic E-state index is 0.227. The summed E-state index contributed by atoms with van der Waals surface area (Å²) in [5, 5.41) is 20.7. The fourth-order valence-corrected chi connectivity index (χ4v) is 5.67. The maximum Gasteiger partial charge on any atom is 0.220 e. The van der Waals surface area contributed by atoms with Crippen LogP contribution in [0.25, 0.3) is 5.69 Å². The molecule has 3 aromatic carbocycles. The van der Waals surface area contributed by atoms with Crippen molar-refractivity contribution in [2.45, 2.75) is 23.9 Å². The van der Waals surface area contributed by atoms with Gasteiger partial charge in [-0.15, -0.1) is 10.2 Å². The number of aromatic nitrogens is 3. The number of rotatable bonds is 11. The predicted octanol–water partition coefficient (Wildman–Crippen LogP) is 6.70. The molecule has 1 heterocycles. The van der Waals surface area contributed by atoms with Crippen molar-refractivity contribution < 1.29 is 19.1 Å². The summed E-state index contributed by atoms with van der Waals surface area (Å²) in [5.41, 5.74) is 2.31. The first kappa shape index (κ1) is 27.7. The van der Waals surface area contributed by atoms with E-state index in [2.05, 4.69) is 26.1 Å². The number of benzene rings is 3. The van der Waals surface area contributed by atoms with Crippen LogP contribution in [0.1, 0.15) is 22.2 Å². The molecule has 12 heteroatoms. The molecule has 4 rings (SSSR count). The van der Waals surface area contributed by atoms with E-state index < -0.39 is 5.25 Å². The average molecular weight is 620 g/mol. The average Bonchev–Trinajstić information content (AvgIpc) is 3.27. The third kappa shape index (κ3) is 6.40. The van der Waals surface area contributed by atoms with E-state index >= 15 is 0 Å². The van der Waals surface area contributed by atoms with E-state index in [1.807, 2.05) is 54.0 Å². The first-order valence-corrected chi connectivity index (χ1v) is 13.4. The van der Waals surface area contributed by atoms with Gasteiger partial charge in [0.15, 0.2) is 16.7 Å². The second-order valence-electron chi connectivity index (χ2n) is 8.10. The van der Waals surface area contributed by atoms with E-state index in [1.54, 1.807) is 25.3 Å². The highest BCUT2D eigenvalue weighted by Crippen LogP contribution is 2.43. The quantitative estimate of drug-likeness (QED) is 0.104. The van der Waals surface area contributed by atoms with Crippen molar-refractivity contribution >= 4 is 39.3 Å². The Bertz CT molecular complexity index is 1430. The van der Waals surface area contributed by atoms with E-state index in [0.29, 0.717) is 43.3 Å². The Morgan fingerprint density at radius 2 is 1.84 bits per heavy atom. The molecule has 0 spiro atoms. The van der Waals surface area contributed by atoms with Gasteiger partial charge in [0.05, 0.1) is 18.7 Å². The number of methoxy groups -OCH3 is 2. The van der Waals surface area contributed by atoms with Crippen LogP contribution in [0, 0.1) is 17.0 Å². The zero-order valence-corrected chi connectivity index (χ0v) is 23.9. The lowest BCUT2D eigenvalue weighted by Gasteiger charge is -2.18. The van der Waals surface area contributed by atoms with Crippen LogP contribution in [0.3, 0.4) is 0 Å². The number of hydrogen-bond acceptors (Lipinski definition) is 8. The Labute approximate surface area is 237 Å². The molecule has 1 atom stereocenters. The van der Waals surface area contributed by atoms with Gasteiger partial charge in [-0.25, -0.2) is 0 Å². The van der Waals surface area contributed by atoms with E-state index in [-0.39, 0.29) is 18.1 Å². The largest absolute Gasteiger partial charge is 0.497 e. The normalized spacial score (nSPS) is 11.7. The Morgan fingerprint density at radius 3 is 2.50 bits per heavy atom. The maximum absolute atomic E-state index is 11.7. The summed E-state index contributed by atoms with van der Waals surface area (Å²) in [5.74, 6) is 2.27. The zero-order valence-electron chi connectivity index (χ0n) is 20.8. The van der Waals surface area contributed by atoms with E-state index in [4.69, 9.17) is 25.8 Å². The molecule has 0 amide bonds. The molecule has 9 nitrogen and oxygen atoms in total. The van der Waals surface area contributed by atoms with Gasteiger partial charge in [-0.05, 0) is 70.9 Å². The SMILES string of the molecule is COc1ccc(-n2c(C)nnc2S[C@H](C[N+](=O)[O-])c2cc(Br)c(OCc3ccccc3Cl)c(OC)c2)cc1. The second kappa shape index (κ2) is 12.5. The van der Waals surface area contributed by atoms with Crippen molar-refractivity contribution in [2.75, 3.05) is 20.8 Å². The first-order valence-electron chi connectivity index (χ1n) is 11.4. The van der Waals surface area contributed by atoms with Gasteiger partial charge >= 0.3 is 0 Å². The van der Waals surface area contributed by atoms with Gasteiger partial charge in [0.2, 0.25) is 6.54 Å². The van der Waals surface area contributed by atoms with Gasteiger partial charge in [0.1, 0.15) is 23.4 Å². The molecule has 0 bridgehead atoms. The van der Waals surface area contributed by atoms with Crippen molar-refractivity contribution in [3.05, 3.63) is 97.2 Å². The third-order valence-electron chi connectivity index (χ3n) is 5.64. The number of halogens is 2. The summed E-state index contributed by atoms with van der Waals surface area (Å²) in [6.07, 6.45) is 0. The number of nitro groups is 1. The fourth-order valence-electron chi connectivity index (χ4n) is 3.75. The molecule has 4 aromatic rings. The van der Waals surface area contributed by atoms with E-state index in [9.17, 15) is 10.1 Å². The molecule has 0 aliphatic carbocycles. The van der Waals surface area contributed by atoms with Gasteiger partial charge in [-0.1, -0.05) is 41.6 Å². The molecule has 1 aromatic heterocycles. The van der Waals surface area contributed by atoms with Gasteiger partial charge < -0.3 is 14.2 Å². The number of aryl methyl sites for hydroxylation is 1. The summed E-state index contributed by atoms with van der Waals surface area (Å²) >= 11 is 11.1. The van der Waals surface area contributed by atoms with Crippen LogP contribution in [0.15, 0.2) is 70.3 Å². The molecule has 198 valence electrons. The summed E-state index contributed by atoms with van der Waals surface area (Å²) < 4.78 is 19.3. The van der Waals surface area contributed by atoms with Crippen LogP contribution >= 0.6 is 39.3 Å². The lowest BCUT2D eigenvalue weighted by Crippen LogP contribution is -2.12. The molecule has 0 N–H and O–H groups in total. The minimum Gasteiger partial charge on any atom is -0.497 e. The summed E-state index contributed by atoms with van der Waals surface area (Å²) in [7, 11) is 3.12. The highest BCUT2D eigenvalue weighted by atomic mass is 79.9. The van der Waals surface area contributed by atoms with E-state index in [0.717, 1.165) is 11.3 Å². The molecule has 0 saturated heterocycles. The van der Waals surface area contributed by atoms with Gasteiger partial charge in [0, 0.05) is 21.2 Å². The molecule has 0 saturated carbocycles. The number of thioether (sulfide) groups is 1. The van der Waals surface area contributed by atoms with Crippen molar-refractivity contribution in [3.8, 4) is 22.9 Å². The zero-order chi connectivity index (χ0) is 27.2. The molecule has 0 unspecified atom stereocenters. The Hall–Kier alpha value is -3.28. The topological polar surface area (TPSA) is 102 Å². The van der Waals surface area contributed by atoms with Crippen LogP contribution < -0.4 is 14.2 Å². The second-order valence-corrected chi connectivity index (χ2v) is 10.5. The van der Waals surface area contributed by atoms with Crippen LogP contribution in [0.5, 0.6) is 17.2 Å². The molecule has 0 aliphatic heterocycles. The van der Waals surface area contributed by atoms with Crippen molar-refractivity contribution in [3.63, 3.8) is 0 Å². The van der Waals surface area contributed by atoms with Gasteiger partial charge in [-0.2, -0.15) is 0 Å². The number of nitrogens with zero attached hydrogens (tertiary/aromatic N) is 4. The molecular formula is C26H24BrClN4O5S. The Balaban J connectivity index is 1.65. The van der Waals surface area contributed by atoms with Crippen LogP contribution in [0.2, 0.25) is 5.02 Å². The predicted molar refractivity (Wildman–Crippen MR) is 150 cm³/mol. The molecular weight excluding hydrogens is 596 g/mol. The molecule has 38 heavy (non-hydrogen) atoms. The Morgan fingerprint density at radius 1 is 1.11 bits per heavy atom. The highest BCUT2D eigenvalue weighted by Gasteiger charge is 2.26. The summed E-state index contributed by atoms with van der Waals surface area (Å²) in [6, 6.07) is 18.4. The number of ether oxygens (including phenoxy) is 3. The van der Waals surface area contributed by atoms with Gasteiger partial charge in [0.25, 0.3) is 0 Å². The van der Waals surface area contributed by atoms with Crippen LogP contribution in [-0.2, 0) is 6.61 Å². The first-order chi connectivity index (χ1) is 18.3. The third-order valence-corrected chi connectivity index (χ3v) is 7.78. The molecule has 0 fully saturated rings.